The number of nitriles is 1. The van der Waals surface area contributed by atoms with Gasteiger partial charge in [0.15, 0.2) is 0 Å². The van der Waals surface area contributed by atoms with Crippen LogP contribution in [0.15, 0.2) is 18.2 Å². The second-order valence-corrected chi connectivity index (χ2v) is 6.03. The van der Waals surface area contributed by atoms with Crippen LogP contribution in [0.1, 0.15) is 39.2 Å². The molecule has 0 atom stereocenters. The van der Waals surface area contributed by atoms with Crippen molar-refractivity contribution in [3.8, 4) is 11.8 Å². The average molecular weight is 335 g/mol. The number of nitro groups is 1. The van der Waals surface area contributed by atoms with E-state index in [1.165, 1.54) is 18.2 Å². The first kappa shape index (κ1) is 19.2. The van der Waals surface area contributed by atoms with Crippen molar-refractivity contribution >= 4 is 11.8 Å². The van der Waals surface area contributed by atoms with Gasteiger partial charge in [-0.05, 0) is 39.7 Å². The van der Waals surface area contributed by atoms with Crippen molar-refractivity contribution in [1.29, 1.82) is 5.26 Å². The zero-order valence-electron chi connectivity index (χ0n) is 14.0. The monoisotopic (exact) mass is 335 g/mol. The van der Waals surface area contributed by atoms with Crippen molar-refractivity contribution in [3.05, 3.63) is 33.9 Å². The molecule has 0 radical (unpaired) electrons. The number of non-ortho nitro benzene ring substituents is 1. The summed E-state index contributed by atoms with van der Waals surface area (Å²) in [5.41, 5.74) is -0.425. The molecule has 1 rings (SSSR count). The first-order chi connectivity index (χ1) is 11.2. The highest BCUT2D eigenvalue weighted by Gasteiger charge is 2.15. The van der Waals surface area contributed by atoms with Gasteiger partial charge in [-0.2, -0.15) is 5.26 Å². The number of alkyl carbamates (subject to hydrolysis) is 1. The maximum Gasteiger partial charge on any atom is 0.407 e. The minimum absolute atomic E-state index is 0.129. The summed E-state index contributed by atoms with van der Waals surface area (Å²) < 4.78 is 10.5. The molecule has 8 nitrogen and oxygen atoms in total. The average Bonchev–Trinajstić information content (AvgIpc) is 2.48. The number of amides is 1. The van der Waals surface area contributed by atoms with Crippen LogP contribution < -0.4 is 10.1 Å². The predicted octanol–water partition coefficient (Wildman–Crippen LogP) is 3.15. The van der Waals surface area contributed by atoms with Crippen molar-refractivity contribution in [1.82, 2.24) is 5.32 Å². The van der Waals surface area contributed by atoms with Crippen molar-refractivity contribution < 1.29 is 19.2 Å². The maximum atomic E-state index is 11.4. The van der Waals surface area contributed by atoms with Crippen LogP contribution in [0.3, 0.4) is 0 Å². The number of nitrogens with zero attached hydrogens (tertiary/aromatic N) is 2. The summed E-state index contributed by atoms with van der Waals surface area (Å²) in [6.07, 6.45) is 0.785. The lowest BCUT2D eigenvalue weighted by Gasteiger charge is -2.19. The van der Waals surface area contributed by atoms with E-state index in [9.17, 15) is 14.9 Å². The van der Waals surface area contributed by atoms with E-state index in [1.54, 1.807) is 20.8 Å². The summed E-state index contributed by atoms with van der Waals surface area (Å²) in [5, 5.41) is 22.4. The fourth-order valence-corrected chi connectivity index (χ4v) is 1.75. The van der Waals surface area contributed by atoms with Gasteiger partial charge in [0.25, 0.3) is 5.69 Å². The fraction of sp³-hybridized carbons (Fsp3) is 0.500. The number of ether oxygens (including phenoxy) is 2. The quantitative estimate of drug-likeness (QED) is 0.465. The summed E-state index contributed by atoms with van der Waals surface area (Å²) in [7, 11) is 0. The Morgan fingerprint density at radius 1 is 1.38 bits per heavy atom. The Morgan fingerprint density at radius 3 is 2.67 bits per heavy atom. The van der Waals surface area contributed by atoms with Crippen LogP contribution in [0, 0.1) is 21.4 Å². The number of carbonyl (C=O) groups excluding carboxylic acids is 1. The zero-order valence-corrected chi connectivity index (χ0v) is 14.0. The van der Waals surface area contributed by atoms with E-state index in [1.807, 2.05) is 6.07 Å². The van der Waals surface area contributed by atoms with E-state index < -0.39 is 16.6 Å². The molecule has 0 spiro atoms. The van der Waals surface area contributed by atoms with Gasteiger partial charge in [0.05, 0.1) is 23.2 Å². The number of hydrogen-bond donors (Lipinski definition) is 1. The van der Waals surface area contributed by atoms with Crippen molar-refractivity contribution in [2.75, 3.05) is 13.2 Å². The largest absolute Gasteiger partial charge is 0.492 e. The second-order valence-electron chi connectivity index (χ2n) is 6.03. The molecule has 0 aromatic heterocycles. The SMILES string of the molecule is CC(C)(C)OC(=O)NCCCCOc1cc([N+](=O)[O-])ccc1C#N. The van der Waals surface area contributed by atoms with Crippen LogP contribution >= 0.6 is 0 Å². The van der Waals surface area contributed by atoms with Gasteiger partial charge < -0.3 is 14.8 Å². The Morgan fingerprint density at radius 2 is 2.08 bits per heavy atom. The molecule has 0 aliphatic carbocycles. The van der Waals surface area contributed by atoms with Crippen LogP contribution in [-0.4, -0.2) is 29.8 Å². The van der Waals surface area contributed by atoms with Crippen LogP contribution in [0.2, 0.25) is 0 Å². The normalized spacial score (nSPS) is 10.6. The highest BCUT2D eigenvalue weighted by Crippen LogP contribution is 2.24. The van der Waals surface area contributed by atoms with E-state index in [0.717, 1.165) is 0 Å². The second kappa shape index (κ2) is 8.72. The van der Waals surface area contributed by atoms with Gasteiger partial charge in [0, 0.05) is 12.6 Å². The highest BCUT2D eigenvalue weighted by atomic mass is 16.6. The van der Waals surface area contributed by atoms with Gasteiger partial charge in [0.2, 0.25) is 0 Å². The lowest BCUT2D eigenvalue weighted by molar-refractivity contribution is -0.384. The number of nitrogens with one attached hydrogen (secondary N) is 1. The molecule has 1 aromatic carbocycles. The van der Waals surface area contributed by atoms with Gasteiger partial charge in [-0.1, -0.05) is 0 Å². The number of hydrogen-bond acceptors (Lipinski definition) is 6. The molecular formula is C16H21N3O5. The molecule has 0 unspecified atom stereocenters. The van der Waals surface area contributed by atoms with E-state index >= 15 is 0 Å². The van der Waals surface area contributed by atoms with Crippen LogP contribution in [0.25, 0.3) is 0 Å². The summed E-state index contributed by atoms with van der Waals surface area (Å²) >= 11 is 0. The smallest absolute Gasteiger partial charge is 0.407 e. The highest BCUT2D eigenvalue weighted by molar-refractivity contribution is 5.67. The van der Waals surface area contributed by atoms with Gasteiger partial charge in [-0.3, -0.25) is 10.1 Å². The maximum absolute atomic E-state index is 11.4. The molecule has 1 N–H and O–H groups in total. The first-order valence-electron chi connectivity index (χ1n) is 7.51. The van der Waals surface area contributed by atoms with E-state index in [4.69, 9.17) is 14.7 Å². The third-order valence-corrected chi connectivity index (χ3v) is 2.79. The van der Waals surface area contributed by atoms with E-state index in [2.05, 4.69) is 5.32 Å². The fourth-order valence-electron chi connectivity index (χ4n) is 1.75. The number of nitro benzene ring substituents is 1. The predicted molar refractivity (Wildman–Crippen MR) is 86.8 cm³/mol. The number of benzene rings is 1. The molecule has 0 saturated heterocycles. The summed E-state index contributed by atoms with van der Waals surface area (Å²) in [5.74, 6) is 0.187. The lowest BCUT2D eigenvalue weighted by atomic mass is 10.2. The van der Waals surface area contributed by atoms with Crippen molar-refractivity contribution in [2.24, 2.45) is 0 Å². The molecule has 0 heterocycles. The van der Waals surface area contributed by atoms with Crippen LogP contribution in [-0.2, 0) is 4.74 Å². The minimum atomic E-state index is -0.543. The molecule has 8 heteroatoms. The molecule has 0 aliphatic heterocycles. The number of rotatable bonds is 7. The molecule has 24 heavy (non-hydrogen) atoms. The van der Waals surface area contributed by atoms with Gasteiger partial charge in [-0.25, -0.2) is 4.79 Å². The summed E-state index contributed by atoms with van der Waals surface area (Å²) in [6, 6.07) is 5.78. The number of carbonyl (C=O) groups is 1. The minimum Gasteiger partial charge on any atom is -0.492 e. The Labute approximate surface area is 140 Å². The topological polar surface area (TPSA) is 114 Å². The molecule has 130 valence electrons. The Bertz CT molecular complexity index is 632. The van der Waals surface area contributed by atoms with E-state index in [0.29, 0.717) is 19.4 Å². The Balaban J connectivity index is 2.36. The van der Waals surface area contributed by atoms with Gasteiger partial charge in [-0.15, -0.1) is 0 Å². The van der Waals surface area contributed by atoms with Crippen molar-refractivity contribution in [2.45, 2.75) is 39.2 Å². The number of unbranched alkanes of at least 4 members (excludes halogenated alkanes) is 1. The lowest BCUT2D eigenvalue weighted by Crippen LogP contribution is -2.33. The van der Waals surface area contributed by atoms with Gasteiger partial charge in [0.1, 0.15) is 17.4 Å². The molecule has 0 fully saturated rings. The molecule has 0 bridgehead atoms. The zero-order chi connectivity index (χ0) is 18.2. The molecular weight excluding hydrogens is 314 g/mol. The standard InChI is InChI=1S/C16H21N3O5/c1-16(2,3)24-15(20)18-8-4-5-9-23-14-10-13(19(21)22)7-6-12(14)11-17/h6-7,10H,4-5,8-9H2,1-3H3,(H,18,20). The van der Waals surface area contributed by atoms with Gasteiger partial charge >= 0.3 is 6.09 Å². The van der Waals surface area contributed by atoms with E-state index in [-0.39, 0.29) is 23.6 Å². The molecule has 0 saturated carbocycles. The molecule has 1 amide bonds. The Kier molecular flexibility index (Phi) is 6.98. The Hall–Kier alpha value is -2.82. The first-order valence-corrected chi connectivity index (χ1v) is 7.51. The summed E-state index contributed by atoms with van der Waals surface area (Å²) in [4.78, 5) is 21.6. The molecule has 0 aliphatic rings. The third kappa shape index (κ3) is 6.96. The van der Waals surface area contributed by atoms with Crippen LogP contribution in [0.4, 0.5) is 10.5 Å². The molecule has 1 aromatic rings. The van der Waals surface area contributed by atoms with Crippen LogP contribution in [0.5, 0.6) is 5.75 Å². The summed E-state index contributed by atoms with van der Waals surface area (Å²) in [6.45, 7) is 6.06. The third-order valence-electron chi connectivity index (χ3n) is 2.79. The van der Waals surface area contributed by atoms with Crippen molar-refractivity contribution in [3.63, 3.8) is 0 Å².